The van der Waals surface area contributed by atoms with Gasteiger partial charge in [0.25, 0.3) is 0 Å². The van der Waals surface area contributed by atoms with Crippen molar-refractivity contribution in [1.29, 1.82) is 0 Å². The summed E-state index contributed by atoms with van der Waals surface area (Å²) in [6.07, 6.45) is 0.532. The molecule has 8 nitrogen and oxygen atoms in total. The second-order valence-corrected chi connectivity index (χ2v) is 9.02. The van der Waals surface area contributed by atoms with Crippen LogP contribution in [0.3, 0.4) is 0 Å². The summed E-state index contributed by atoms with van der Waals surface area (Å²) in [5.41, 5.74) is -0.419. The van der Waals surface area contributed by atoms with Gasteiger partial charge in [-0.25, -0.2) is 17.9 Å². The number of hydrogen-bond donors (Lipinski definition) is 1. The van der Waals surface area contributed by atoms with Crippen molar-refractivity contribution in [3.8, 4) is 0 Å². The van der Waals surface area contributed by atoms with E-state index in [1.165, 1.54) is 16.8 Å². The third-order valence-corrected chi connectivity index (χ3v) is 5.40. The Bertz CT molecular complexity index is 923. The lowest BCUT2D eigenvalue weighted by molar-refractivity contribution is -0.0846. The first-order chi connectivity index (χ1) is 12.7. The Balaban J connectivity index is 1.91. The highest BCUT2D eigenvalue weighted by Gasteiger charge is 2.25. The molecule has 9 heteroatoms. The Kier molecular flexibility index (Phi) is 5.57. The molecule has 1 atom stereocenters. The molecular weight excluding hydrogens is 372 g/mol. The molecule has 0 spiro atoms. The lowest BCUT2D eigenvalue weighted by Crippen LogP contribution is -2.39. The lowest BCUT2D eigenvalue weighted by atomic mass is 10.2. The van der Waals surface area contributed by atoms with Crippen molar-refractivity contribution < 1.29 is 27.4 Å². The van der Waals surface area contributed by atoms with E-state index in [1.54, 1.807) is 39.0 Å². The minimum atomic E-state index is -3.87. The van der Waals surface area contributed by atoms with Crippen molar-refractivity contribution in [3.63, 3.8) is 0 Å². The molecule has 1 fully saturated rings. The Morgan fingerprint density at radius 2 is 2.07 bits per heavy atom. The largest absolute Gasteiger partial charge is 0.443 e. The van der Waals surface area contributed by atoms with Crippen LogP contribution in [0.4, 0.5) is 4.79 Å². The quantitative estimate of drug-likeness (QED) is 0.850. The number of hydrogen-bond acceptors (Lipinski definition) is 6. The van der Waals surface area contributed by atoms with E-state index in [0.29, 0.717) is 25.2 Å². The number of ether oxygens (including phenoxy) is 3. The molecule has 1 aromatic heterocycles. The van der Waals surface area contributed by atoms with Crippen LogP contribution in [0.1, 0.15) is 20.8 Å². The smallest absolute Gasteiger partial charge is 0.419 e. The minimum absolute atomic E-state index is 0.00702. The first-order valence-electron chi connectivity index (χ1n) is 8.70. The van der Waals surface area contributed by atoms with Gasteiger partial charge >= 0.3 is 6.09 Å². The van der Waals surface area contributed by atoms with Gasteiger partial charge in [-0.3, -0.25) is 4.57 Å². The van der Waals surface area contributed by atoms with Gasteiger partial charge < -0.3 is 14.2 Å². The number of carbonyl (C=O) groups is 1. The highest BCUT2D eigenvalue weighted by Crippen LogP contribution is 2.25. The number of para-hydroxylation sites is 1. The van der Waals surface area contributed by atoms with Crippen LogP contribution in [0.5, 0.6) is 0 Å². The number of nitrogens with one attached hydrogen (secondary N) is 1. The van der Waals surface area contributed by atoms with E-state index in [0.717, 1.165) is 0 Å². The molecule has 2 heterocycles. The average Bonchev–Trinajstić information content (AvgIpc) is 3.03. The third kappa shape index (κ3) is 4.67. The number of carbonyl (C=O) groups excluding carboxylic acids is 1. The van der Waals surface area contributed by atoms with E-state index in [9.17, 15) is 13.2 Å². The molecule has 3 rings (SSSR count). The van der Waals surface area contributed by atoms with Gasteiger partial charge in [0.05, 0.1) is 31.4 Å². The molecule has 148 valence electrons. The Morgan fingerprint density at radius 3 is 2.74 bits per heavy atom. The van der Waals surface area contributed by atoms with Crippen molar-refractivity contribution in [2.24, 2.45) is 0 Å². The van der Waals surface area contributed by atoms with Crippen LogP contribution in [0.25, 0.3) is 10.9 Å². The predicted molar refractivity (Wildman–Crippen MR) is 99.3 cm³/mol. The summed E-state index contributed by atoms with van der Waals surface area (Å²) in [7, 11) is -3.87. The van der Waals surface area contributed by atoms with Gasteiger partial charge in [-0.2, -0.15) is 0 Å². The molecule has 1 aliphatic heterocycles. The van der Waals surface area contributed by atoms with Gasteiger partial charge in [-0.15, -0.1) is 0 Å². The van der Waals surface area contributed by atoms with Gasteiger partial charge in [-0.05, 0) is 32.9 Å². The van der Waals surface area contributed by atoms with Gasteiger partial charge in [0, 0.05) is 18.1 Å². The Hall–Kier alpha value is -1.94. The number of sulfonamides is 1. The molecule has 1 unspecified atom stereocenters. The molecule has 1 saturated heterocycles. The van der Waals surface area contributed by atoms with E-state index >= 15 is 0 Å². The zero-order valence-corrected chi connectivity index (χ0v) is 16.4. The van der Waals surface area contributed by atoms with Gasteiger partial charge in [0.15, 0.2) is 0 Å². The maximum absolute atomic E-state index is 12.9. The summed E-state index contributed by atoms with van der Waals surface area (Å²) in [5.74, 6) is 0. The standard InChI is InChI=1S/C18H24N2O6S/c1-18(2,3)26-17(21)20-8-7-13-5-4-6-15(16(13)20)27(22,23)19-11-14-12-24-9-10-25-14/h4-8,14,19H,9-12H2,1-3H3. The second kappa shape index (κ2) is 7.59. The molecule has 0 bridgehead atoms. The number of nitrogens with zero attached hydrogens (tertiary/aromatic N) is 1. The van der Waals surface area contributed by atoms with E-state index < -0.39 is 21.7 Å². The highest BCUT2D eigenvalue weighted by molar-refractivity contribution is 7.89. The highest BCUT2D eigenvalue weighted by atomic mass is 32.2. The number of aromatic nitrogens is 1. The molecule has 1 aromatic carbocycles. The fraction of sp³-hybridized carbons (Fsp3) is 0.500. The number of fused-ring (bicyclic) bond motifs is 1. The minimum Gasteiger partial charge on any atom is -0.443 e. The molecule has 0 amide bonds. The summed E-state index contributed by atoms with van der Waals surface area (Å²) in [4.78, 5) is 12.5. The first-order valence-corrected chi connectivity index (χ1v) is 10.2. The fourth-order valence-corrected chi connectivity index (χ4v) is 4.07. The van der Waals surface area contributed by atoms with Crippen molar-refractivity contribution >= 4 is 27.0 Å². The molecule has 1 N–H and O–H groups in total. The van der Waals surface area contributed by atoms with Crippen molar-refractivity contribution in [2.75, 3.05) is 26.4 Å². The van der Waals surface area contributed by atoms with E-state index in [4.69, 9.17) is 14.2 Å². The molecule has 0 radical (unpaired) electrons. The summed E-state index contributed by atoms with van der Waals surface area (Å²) >= 11 is 0. The predicted octanol–water partition coefficient (Wildman–Crippen LogP) is 2.12. The molecule has 2 aromatic rings. The number of rotatable bonds is 4. The molecular formula is C18H24N2O6S. The molecule has 0 saturated carbocycles. The molecule has 27 heavy (non-hydrogen) atoms. The van der Waals surface area contributed by atoms with Crippen LogP contribution >= 0.6 is 0 Å². The second-order valence-electron chi connectivity index (χ2n) is 7.28. The Morgan fingerprint density at radius 1 is 1.30 bits per heavy atom. The van der Waals surface area contributed by atoms with Crippen LogP contribution < -0.4 is 4.72 Å². The van der Waals surface area contributed by atoms with Crippen molar-refractivity contribution in [1.82, 2.24) is 9.29 Å². The van der Waals surface area contributed by atoms with Gasteiger partial charge in [0.2, 0.25) is 10.0 Å². The summed E-state index contributed by atoms with van der Waals surface area (Å²) in [6.45, 7) is 6.62. The summed E-state index contributed by atoms with van der Waals surface area (Å²) in [5, 5.41) is 0.626. The lowest BCUT2D eigenvalue weighted by Gasteiger charge is -2.23. The number of benzene rings is 1. The van der Waals surface area contributed by atoms with Crippen LogP contribution in [0, 0.1) is 0 Å². The monoisotopic (exact) mass is 396 g/mol. The van der Waals surface area contributed by atoms with Gasteiger partial charge in [-0.1, -0.05) is 12.1 Å². The SMILES string of the molecule is CC(C)(C)OC(=O)n1ccc2cccc(S(=O)(=O)NCC3COCCO3)c21. The topological polar surface area (TPSA) is 95.9 Å². The van der Waals surface area contributed by atoms with Crippen LogP contribution in [-0.2, 0) is 24.2 Å². The van der Waals surface area contributed by atoms with Crippen LogP contribution in [-0.4, -0.2) is 57.1 Å². The van der Waals surface area contributed by atoms with E-state index in [1.807, 2.05) is 0 Å². The van der Waals surface area contributed by atoms with Crippen LogP contribution in [0.2, 0.25) is 0 Å². The van der Waals surface area contributed by atoms with E-state index in [-0.39, 0.29) is 23.1 Å². The molecule has 0 aliphatic carbocycles. The fourth-order valence-electron chi connectivity index (χ4n) is 2.78. The van der Waals surface area contributed by atoms with E-state index in [2.05, 4.69) is 4.72 Å². The van der Waals surface area contributed by atoms with Crippen LogP contribution in [0.15, 0.2) is 35.4 Å². The third-order valence-electron chi connectivity index (χ3n) is 3.94. The average molecular weight is 396 g/mol. The normalized spacial score (nSPS) is 18.6. The zero-order chi connectivity index (χ0) is 19.7. The maximum Gasteiger partial charge on any atom is 0.419 e. The first kappa shape index (κ1) is 19.8. The maximum atomic E-state index is 12.9. The van der Waals surface area contributed by atoms with Gasteiger partial charge in [0.1, 0.15) is 10.5 Å². The van der Waals surface area contributed by atoms with Crippen molar-refractivity contribution in [2.45, 2.75) is 37.4 Å². The Labute approximate surface area is 158 Å². The summed E-state index contributed by atoms with van der Waals surface area (Å²) in [6, 6.07) is 6.52. The summed E-state index contributed by atoms with van der Waals surface area (Å²) < 4.78 is 45.6. The zero-order valence-electron chi connectivity index (χ0n) is 15.6. The molecule has 1 aliphatic rings. The van der Waals surface area contributed by atoms with Crippen molar-refractivity contribution in [3.05, 3.63) is 30.5 Å².